The van der Waals surface area contributed by atoms with Gasteiger partial charge in [0, 0.05) is 38.6 Å². The molecule has 1 fully saturated rings. The van der Waals surface area contributed by atoms with Crippen molar-refractivity contribution in [2.45, 2.75) is 45.8 Å². The Morgan fingerprint density at radius 2 is 2.29 bits per heavy atom. The highest BCUT2D eigenvalue weighted by atomic mass is 16.5. The van der Waals surface area contributed by atoms with E-state index in [1.165, 1.54) is 17.5 Å². The Kier molecular flexibility index (Phi) is 4.51. The lowest BCUT2D eigenvalue weighted by molar-refractivity contribution is 0.0718. The molecule has 21 heavy (non-hydrogen) atoms. The zero-order valence-electron chi connectivity index (χ0n) is 13.6. The van der Waals surface area contributed by atoms with E-state index in [9.17, 15) is 0 Å². The summed E-state index contributed by atoms with van der Waals surface area (Å²) in [6.07, 6.45) is 2.63. The average Bonchev–Trinajstić information content (AvgIpc) is 2.88. The number of nitrogens with one attached hydrogen (secondary N) is 1. The fraction of sp³-hybridized carbons (Fsp3) is 0.667. The summed E-state index contributed by atoms with van der Waals surface area (Å²) in [5.41, 5.74) is 2.72. The standard InChI is InChI=1S/C18H28N2O/c1-4-14(3)17-11-19-7-8-20(17)12-16-10-15-9-13(2)5-6-18(15)21-16/h5-6,9,14,16-17,19H,4,7-8,10-12H2,1-3H3. The number of hydrogen-bond donors (Lipinski definition) is 1. The van der Waals surface area contributed by atoms with Gasteiger partial charge >= 0.3 is 0 Å². The maximum atomic E-state index is 6.16. The fourth-order valence-electron chi connectivity index (χ4n) is 3.64. The van der Waals surface area contributed by atoms with Crippen LogP contribution in [0.25, 0.3) is 0 Å². The number of aryl methyl sites for hydroxylation is 1. The molecule has 0 saturated carbocycles. The summed E-state index contributed by atoms with van der Waals surface area (Å²) in [7, 11) is 0. The quantitative estimate of drug-likeness (QED) is 0.922. The molecule has 2 aliphatic heterocycles. The zero-order valence-corrected chi connectivity index (χ0v) is 13.6. The summed E-state index contributed by atoms with van der Waals surface area (Å²) >= 11 is 0. The Labute approximate surface area is 128 Å². The van der Waals surface area contributed by atoms with Crippen LogP contribution in [0.2, 0.25) is 0 Å². The first kappa shape index (κ1) is 14.9. The summed E-state index contributed by atoms with van der Waals surface area (Å²) in [6.45, 7) is 11.2. The molecular formula is C18H28N2O. The molecule has 2 heterocycles. The van der Waals surface area contributed by atoms with Gasteiger partial charge in [-0.2, -0.15) is 0 Å². The van der Waals surface area contributed by atoms with Crippen LogP contribution in [0.15, 0.2) is 18.2 Å². The lowest BCUT2D eigenvalue weighted by atomic mass is 9.95. The summed E-state index contributed by atoms with van der Waals surface area (Å²) in [5, 5.41) is 3.55. The van der Waals surface area contributed by atoms with E-state index in [0.29, 0.717) is 12.1 Å². The first-order valence-corrected chi connectivity index (χ1v) is 8.38. The summed E-state index contributed by atoms with van der Waals surface area (Å²) in [6, 6.07) is 7.21. The molecule has 116 valence electrons. The number of benzene rings is 1. The Hall–Kier alpha value is -1.06. The molecule has 3 heteroatoms. The maximum absolute atomic E-state index is 6.16. The van der Waals surface area contributed by atoms with E-state index < -0.39 is 0 Å². The minimum atomic E-state index is 0.325. The largest absolute Gasteiger partial charge is 0.488 e. The van der Waals surface area contributed by atoms with Gasteiger partial charge in [-0.15, -0.1) is 0 Å². The molecular weight excluding hydrogens is 260 g/mol. The Bertz CT molecular complexity index is 488. The van der Waals surface area contributed by atoms with E-state index in [1.54, 1.807) is 0 Å². The number of nitrogens with zero attached hydrogens (tertiary/aromatic N) is 1. The lowest BCUT2D eigenvalue weighted by Gasteiger charge is -2.40. The van der Waals surface area contributed by atoms with Gasteiger partial charge < -0.3 is 10.1 Å². The molecule has 3 rings (SSSR count). The van der Waals surface area contributed by atoms with Crippen LogP contribution in [0.4, 0.5) is 0 Å². The molecule has 1 aromatic rings. The molecule has 3 nitrogen and oxygen atoms in total. The molecule has 0 aromatic heterocycles. The van der Waals surface area contributed by atoms with Crippen molar-refractivity contribution < 1.29 is 4.74 Å². The lowest BCUT2D eigenvalue weighted by Crippen LogP contribution is -2.56. The highest BCUT2D eigenvalue weighted by Crippen LogP contribution is 2.30. The minimum Gasteiger partial charge on any atom is -0.488 e. The monoisotopic (exact) mass is 288 g/mol. The molecule has 0 amide bonds. The van der Waals surface area contributed by atoms with Gasteiger partial charge in [0.1, 0.15) is 11.9 Å². The molecule has 0 aliphatic carbocycles. The van der Waals surface area contributed by atoms with Crippen molar-refractivity contribution >= 4 is 0 Å². The molecule has 0 radical (unpaired) electrons. The van der Waals surface area contributed by atoms with Crippen LogP contribution in [0.1, 0.15) is 31.4 Å². The molecule has 1 N–H and O–H groups in total. The van der Waals surface area contributed by atoms with Crippen LogP contribution in [0, 0.1) is 12.8 Å². The number of rotatable bonds is 4. The second kappa shape index (κ2) is 6.37. The second-order valence-corrected chi connectivity index (χ2v) is 6.71. The molecule has 1 saturated heterocycles. The van der Waals surface area contributed by atoms with E-state index in [1.807, 2.05) is 0 Å². The van der Waals surface area contributed by atoms with Crippen molar-refractivity contribution in [1.29, 1.82) is 0 Å². The average molecular weight is 288 g/mol. The van der Waals surface area contributed by atoms with Crippen LogP contribution in [-0.4, -0.2) is 43.2 Å². The normalized spacial score (nSPS) is 27.2. The number of piperazine rings is 1. The number of fused-ring (bicyclic) bond motifs is 1. The van der Waals surface area contributed by atoms with Crippen molar-refractivity contribution in [1.82, 2.24) is 10.2 Å². The number of hydrogen-bond acceptors (Lipinski definition) is 3. The van der Waals surface area contributed by atoms with Crippen molar-refractivity contribution in [2.24, 2.45) is 5.92 Å². The Morgan fingerprint density at radius 1 is 1.43 bits per heavy atom. The van der Waals surface area contributed by atoms with Gasteiger partial charge in [0.2, 0.25) is 0 Å². The SMILES string of the molecule is CCC(C)C1CNCCN1CC1Cc2cc(C)ccc2O1. The summed E-state index contributed by atoms with van der Waals surface area (Å²) < 4.78 is 6.16. The maximum Gasteiger partial charge on any atom is 0.123 e. The number of ether oxygens (including phenoxy) is 1. The van der Waals surface area contributed by atoms with E-state index in [0.717, 1.165) is 44.3 Å². The van der Waals surface area contributed by atoms with Gasteiger partial charge in [0.25, 0.3) is 0 Å². The third-order valence-electron chi connectivity index (χ3n) is 5.09. The third kappa shape index (κ3) is 3.24. The minimum absolute atomic E-state index is 0.325. The van der Waals surface area contributed by atoms with Gasteiger partial charge in [0.05, 0.1) is 0 Å². The highest BCUT2D eigenvalue weighted by molar-refractivity contribution is 5.40. The van der Waals surface area contributed by atoms with Crippen LogP contribution < -0.4 is 10.1 Å². The fourth-order valence-corrected chi connectivity index (χ4v) is 3.64. The van der Waals surface area contributed by atoms with Crippen molar-refractivity contribution in [3.63, 3.8) is 0 Å². The van der Waals surface area contributed by atoms with E-state index in [-0.39, 0.29) is 0 Å². The van der Waals surface area contributed by atoms with Crippen LogP contribution in [0.3, 0.4) is 0 Å². The topological polar surface area (TPSA) is 24.5 Å². The summed E-state index contributed by atoms with van der Waals surface area (Å²) in [5.74, 6) is 1.84. The molecule has 3 atom stereocenters. The smallest absolute Gasteiger partial charge is 0.123 e. The summed E-state index contributed by atoms with van der Waals surface area (Å²) in [4.78, 5) is 2.65. The first-order chi connectivity index (χ1) is 10.2. The van der Waals surface area contributed by atoms with Crippen LogP contribution in [0.5, 0.6) is 5.75 Å². The van der Waals surface area contributed by atoms with Gasteiger partial charge in [-0.1, -0.05) is 38.0 Å². The van der Waals surface area contributed by atoms with E-state index in [2.05, 4.69) is 49.2 Å². The van der Waals surface area contributed by atoms with E-state index >= 15 is 0 Å². The van der Waals surface area contributed by atoms with Crippen LogP contribution in [-0.2, 0) is 6.42 Å². The van der Waals surface area contributed by atoms with Crippen molar-refractivity contribution in [2.75, 3.05) is 26.2 Å². The third-order valence-corrected chi connectivity index (χ3v) is 5.09. The van der Waals surface area contributed by atoms with Gasteiger partial charge in [0.15, 0.2) is 0 Å². The molecule has 2 aliphatic rings. The predicted octanol–water partition coefficient (Wildman–Crippen LogP) is 2.62. The second-order valence-electron chi connectivity index (χ2n) is 6.71. The molecule has 3 unspecified atom stereocenters. The van der Waals surface area contributed by atoms with Crippen LogP contribution >= 0.6 is 0 Å². The Morgan fingerprint density at radius 3 is 3.10 bits per heavy atom. The first-order valence-electron chi connectivity index (χ1n) is 8.38. The van der Waals surface area contributed by atoms with Gasteiger partial charge in [-0.3, -0.25) is 4.90 Å². The van der Waals surface area contributed by atoms with Gasteiger partial charge in [-0.25, -0.2) is 0 Å². The zero-order chi connectivity index (χ0) is 14.8. The van der Waals surface area contributed by atoms with Crippen molar-refractivity contribution in [3.8, 4) is 5.75 Å². The highest BCUT2D eigenvalue weighted by Gasteiger charge is 2.31. The predicted molar refractivity (Wildman–Crippen MR) is 87.0 cm³/mol. The Balaban J connectivity index is 1.64. The van der Waals surface area contributed by atoms with Crippen molar-refractivity contribution in [3.05, 3.63) is 29.3 Å². The van der Waals surface area contributed by atoms with E-state index in [4.69, 9.17) is 4.74 Å². The molecule has 0 spiro atoms. The molecule has 1 aromatic carbocycles. The van der Waals surface area contributed by atoms with Gasteiger partial charge in [-0.05, 0) is 24.5 Å². The molecule has 0 bridgehead atoms.